The van der Waals surface area contributed by atoms with Crippen LogP contribution in [0.15, 0.2) is 29.2 Å². The van der Waals surface area contributed by atoms with E-state index in [1.807, 2.05) is 6.92 Å². The number of hydrogen-bond donors (Lipinski definition) is 2. The predicted octanol–water partition coefficient (Wildman–Crippen LogP) is 1.26. The molecule has 8 heteroatoms. The fourth-order valence-corrected chi connectivity index (χ4v) is 4.52. The third-order valence-corrected chi connectivity index (χ3v) is 6.39. The molecule has 0 bridgehead atoms. The molecule has 0 aromatic heterocycles. The molecule has 1 unspecified atom stereocenters. The Hall–Kier alpha value is -1.93. The first kappa shape index (κ1) is 18.8. The number of hydrogen-bond acceptors (Lipinski definition) is 4. The average molecular weight is 379 g/mol. The van der Waals surface area contributed by atoms with Crippen molar-refractivity contribution >= 4 is 21.8 Å². The van der Waals surface area contributed by atoms with E-state index in [1.54, 1.807) is 17.0 Å². The average Bonchev–Trinajstić information content (AvgIpc) is 2.90. The van der Waals surface area contributed by atoms with Gasteiger partial charge in [0.1, 0.15) is 0 Å². The lowest BCUT2D eigenvalue weighted by molar-refractivity contribution is -0.127. The summed E-state index contributed by atoms with van der Waals surface area (Å²) in [5.41, 5.74) is 0.329. The molecule has 3 rings (SSSR count). The second-order valence-corrected chi connectivity index (χ2v) is 8.71. The molecule has 2 fully saturated rings. The Balaban J connectivity index is 1.68. The third kappa shape index (κ3) is 4.24. The molecule has 2 aliphatic rings. The van der Waals surface area contributed by atoms with Crippen molar-refractivity contribution in [2.75, 3.05) is 13.1 Å². The predicted molar refractivity (Wildman–Crippen MR) is 97.1 cm³/mol. The Bertz CT molecular complexity index is 789. The molecule has 0 spiro atoms. The highest BCUT2D eigenvalue weighted by atomic mass is 32.2. The molecule has 1 atom stereocenters. The van der Waals surface area contributed by atoms with E-state index in [0.717, 1.165) is 25.7 Å². The minimum atomic E-state index is -3.79. The molecule has 1 saturated heterocycles. The molecule has 1 saturated carbocycles. The molecule has 7 nitrogen and oxygen atoms in total. The van der Waals surface area contributed by atoms with E-state index in [1.165, 1.54) is 12.1 Å². The number of carbonyl (C=O) groups excluding carboxylic acids is 2. The van der Waals surface area contributed by atoms with Gasteiger partial charge in [0, 0.05) is 37.2 Å². The summed E-state index contributed by atoms with van der Waals surface area (Å²) < 4.78 is 27.9. The number of amides is 2. The zero-order chi connectivity index (χ0) is 18.7. The first-order valence-electron chi connectivity index (χ1n) is 9.10. The van der Waals surface area contributed by atoms with Gasteiger partial charge in [0.05, 0.1) is 4.90 Å². The van der Waals surface area contributed by atoms with E-state index in [4.69, 9.17) is 0 Å². The van der Waals surface area contributed by atoms with E-state index >= 15 is 0 Å². The van der Waals surface area contributed by atoms with Crippen molar-refractivity contribution in [2.24, 2.45) is 0 Å². The minimum Gasteiger partial charge on any atom is -0.349 e. The summed E-state index contributed by atoms with van der Waals surface area (Å²) in [6.07, 6.45) is 4.05. The normalized spacial score (nSPS) is 20.9. The van der Waals surface area contributed by atoms with Crippen LogP contribution < -0.4 is 10.0 Å². The zero-order valence-electron chi connectivity index (χ0n) is 14.9. The number of nitrogens with one attached hydrogen (secondary N) is 2. The van der Waals surface area contributed by atoms with Gasteiger partial charge in [-0.25, -0.2) is 13.1 Å². The van der Waals surface area contributed by atoms with Crippen LogP contribution in [0.2, 0.25) is 0 Å². The maximum atomic E-state index is 12.7. The van der Waals surface area contributed by atoms with Crippen molar-refractivity contribution in [3.05, 3.63) is 29.8 Å². The summed E-state index contributed by atoms with van der Waals surface area (Å²) >= 11 is 0. The van der Waals surface area contributed by atoms with E-state index in [-0.39, 0.29) is 29.2 Å². The highest BCUT2D eigenvalue weighted by Crippen LogP contribution is 2.20. The number of benzene rings is 1. The Labute approximate surface area is 154 Å². The lowest BCUT2D eigenvalue weighted by atomic mass is 9.93. The Morgan fingerprint density at radius 1 is 1.27 bits per heavy atom. The zero-order valence-corrected chi connectivity index (χ0v) is 15.7. The van der Waals surface area contributed by atoms with Gasteiger partial charge in [0.15, 0.2) is 0 Å². The summed E-state index contributed by atoms with van der Waals surface area (Å²) in [6.45, 7) is 2.99. The lowest BCUT2D eigenvalue weighted by Gasteiger charge is -2.26. The summed E-state index contributed by atoms with van der Waals surface area (Å²) in [4.78, 5) is 25.9. The number of carbonyl (C=O) groups is 2. The Kier molecular flexibility index (Phi) is 5.62. The van der Waals surface area contributed by atoms with Gasteiger partial charge in [-0.15, -0.1) is 0 Å². The lowest BCUT2D eigenvalue weighted by Crippen LogP contribution is -2.39. The van der Waals surface area contributed by atoms with Crippen molar-refractivity contribution in [3.8, 4) is 0 Å². The van der Waals surface area contributed by atoms with Gasteiger partial charge in [-0.3, -0.25) is 9.59 Å². The fourth-order valence-electron chi connectivity index (χ4n) is 3.25. The number of likely N-dealkylation sites (tertiary alicyclic amines) is 1. The second-order valence-electron chi connectivity index (χ2n) is 6.99. The van der Waals surface area contributed by atoms with Gasteiger partial charge in [-0.05, 0) is 43.9 Å². The smallest absolute Gasteiger partial charge is 0.251 e. The molecule has 1 heterocycles. The number of rotatable bonds is 7. The summed E-state index contributed by atoms with van der Waals surface area (Å²) in [6, 6.07) is 5.77. The highest BCUT2D eigenvalue weighted by Gasteiger charge is 2.32. The molecule has 2 amide bonds. The molecule has 1 aromatic rings. The van der Waals surface area contributed by atoms with Crippen LogP contribution in [0, 0.1) is 0 Å². The first-order chi connectivity index (χ1) is 12.4. The molecule has 1 aromatic carbocycles. The standard InChI is InChI=1S/C18H25N3O4S/c1-2-9-21-12-15(11-17(21)22)20-26(24,25)16-8-3-5-13(10-16)18(23)19-14-6-4-7-14/h3,5,8,10,14-15,20H,2,4,6-7,9,11-12H2,1H3,(H,19,23). The van der Waals surface area contributed by atoms with E-state index in [9.17, 15) is 18.0 Å². The van der Waals surface area contributed by atoms with Crippen molar-refractivity contribution in [1.82, 2.24) is 14.9 Å². The monoisotopic (exact) mass is 379 g/mol. The maximum Gasteiger partial charge on any atom is 0.251 e. The summed E-state index contributed by atoms with van der Waals surface area (Å²) in [7, 11) is -3.79. The van der Waals surface area contributed by atoms with Crippen LogP contribution in [0.4, 0.5) is 0 Å². The quantitative estimate of drug-likeness (QED) is 0.745. The van der Waals surface area contributed by atoms with Crippen molar-refractivity contribution in [1.29, 1.82) is 0 Å². The van der Waals surface area contributed by atoms with Gasteiger partial charge < -0.3 is 10.2 Å². The van der Waals surface area contributed by atoms with Crippen LogP contribution in [0.25, 0.3) is 0 Å². The SMILES string of the molecule is CCCN1CC(NS(=O)(=O)c2cccc(C(=O)NC3CCC3)c2)CC1=O. The van der Waals surface area contributed by atoms with Gasteiger partial charge >= 0.3 is 0 Å². The summed E-state index contributed by atoms with van der Waals surface area (Å²) in [5.74, 6) is -0.287. The van der Waals surface area contributed by atoms with Crippen LogP contribution in [-0.4, -0.2) is 50.3 Å². The molecule has 26 heavy (non-hydrogen) atoms. The van der Waals surface area contributed by atoms with E-state index in [0.29, 0.717) is 18.7 Å². The Morgan fingerprint density at radius 2 is 2.04 bits per heavy atom. The number of sulfonamides is 1. The van der Waals surface area contributed by atoms with Crippen LogP contribution in [0.5, 0.6) is 0 Å². The van der Waals surface area contributed by atoms with Gasteiger partial charge in [-0.1, -0.05) is 13.0 Å². The van der Waals surface area contributed by atoms with Crippen molar-refractivity contribution in [3.63, 3.8) is 0 Å². The van der Waals surface area contributed by atoms with Crippen LogP contribution in [-0.2, 0) is 14.8 Å². The van der Waals surface area contributed by atoms with Crippen molar-refractivity contribution < 1.29 is 18.0 Å². The van der Waals surface area contributed by atoms with Gasteiger partial charge in [-0.2, -0.15) is 0 Å². The van der Waals surface area contributed by atoms with Gasteiger partial charge in [0.25, 0.3) is 5.91 Å². The van der Waals surface area contributed by atoms with E-state index in [2.05, 4.69) is 10.0 Å². The molecular weight excluding hydrogens is 354 g/mol. The maximum absolute atomic E-state index is 12.7. The number of nitrogens with zero attached hydrogens (tertiary/aromatic N) is 1. The van der Waals surface area contributed by atoms with Crippen LogP contribution >= 0.6 is 0 Å². The van der Waals surface area contributed by atoms with Crippen LogP contribution in [0.1, 0.15) is 49.4 Å². The van der Waals surface area contributed by atoms with Crippen molar-refractivity contribution in [2.45, 2.75) is 56.0 Å². The fraction of sp³-hybridized carbons (Fsp3) is 0.556. The molecule has 0 radical (unpaired) electrons. The third-order valence-electron chi connectivity index (χ3n) is 4.88. The molecule has 1 aliphatic heterocycles. The van der Waals surface area contributed by atoms with Gasteiger partial charge in [0.2, 0.25) is 15.9 Å². The topological polar surface area (TPSA) is 95.6 Å². The molecule has 1 aliphatic carbocycles. The first-order valence-corrected chi connectivity index (χ1v) is 10.6. The second kappa shape index (κ2) is 7.75. The molecule has 142 valence electrons. The highest BCUT2D eigenvalue weighted by molar-refractivity contribution is 7.89. The largest absolute Gasteiger partial charge is 0.349 e. The molecule has 2 N–H and O–H groups in total. The van der Waals surface area contributed by atoms with E-state index < -0.39 is 16.1 Å². The summed E-state index contributed by atoms with van der Waals surface area (Å²) in [5, 5.41) is 2.90. The van der Waals surface area contributed by atoms with Crippen LogP contribution in [0.3, 0.4) is 0 Å². The minimum absolute atomic E-state index is 0.0341. The molecular formula is C18H25N3O4S. The Morgan fingerprint density at radius 3 is 2.69 bits per heavy atom.